The highest BCUT2D eigenvalue weighted by molar-refractivity contribution is 5.52. The smallest absolute Gasteiger partial charge is 0.435 e. The number of aromatic nitrogens is 4. The number of benzene rings is 1. The van der Waals surface area contributed by atoms with Gasteiger partial charge in [0.2, 0.25) is 17.5 Å². The van der Waals surface area contributed by atoms with Crippen LogP contribution in [0.1, 0.15) is 11.4 Å². The first-order valence-corrected chi connectivity index (χ1v) is 8.12. The molecule has 0 radical (unpaired) electrons. The van der Waals surface area contributed by atoms with Crippen molar-refractivity contribution in [1.82, 2.24) is 19.6 Å². The zero-order chi connectivity index (χ0) is 23.1. The van der Waals surface area contributed by atoms with Crippen LogP contribution in [0.2, 0.25) is 0 Å². The van der Waals surface area contributed by atoms with Crippen LogP contribution in [0.4, 0.5) is 32.0 Å². The maximum absolute atomic E-state index is 12.8. The molecule has 15 heteroatoms. The quantitative estimate of drug-likeness (QED) is 0.317. The number of nitro benzene ring substituents is 1. The van der Waals surface area contributed by atoms with Crippen molar-refractivity contribution in [3.8, 4) is 23.3 Å². The summed E-state index contributed by atoms with van der Waals surface area (Å²) >= 11 is 0. The van der Waals surface area contributed by atoms with Crippen LogP contribution in [0.3, 0.4) is 0 Å². The number of ether oxygens (including phenoxy) is 2. The Morgan fingerprint density at radius 2 is 1.35 bits per heavy atom. The largest absolute Gasteiger partial charge is 0.439 e. The number of hydrogen-bond acceptors (Lipinski definition) is 6. The summed E-state index contributed by atoms with van der Waals surface area (Å²) in [6.07, 6.45) is -9.50. The molecule has 31 heavy (non-hydrogen) atoms. The Kier molecular flexibility index (Phi) is 5.29. The molecule has 0 aliphatic carbocycles. The van der Waals surface area contributed by atoms with Crippen molar-refractivity contribution < 1.29 is 40.7 Å². The van der Waals surface area contributed by atoms with Crippen LogP contribution in [0.5, 0.6) is 23.3 Å². The summed E-state index contributed by atoms with van der Waals surface area (Å²) < 4.78 is 88.8. The predicted octanol–water partition coefficient (Wildman–Crippen LogP) is 4.68. The third-order valence-electron chi connectivity index (χ3n) is 3.82. The first-order chi connectivity index (χ1) is 14.3. The molecule has 3 aromatic rings. The van der Waals surface area contributed by atoms with Gasteiger partial charge in [-0.3, -0.25) is 10.1 Å². The molecule has 0 amide bonds. The van der Waals surface area contributed by atoms with Gasteiger partial charge in [0.25, 0.3) is 0 Å². The lowest BCUT2D eigenvalue weighted by molar-refractivity contribution is -0.385. The van der Waals surface area contributed by atoms with Crippen molar-refractivity contribution in [2.45, 2.75) is 12.4 Å². The molecule has 0 aliphatic heterocycles. The fourth-order valence-electron chi connectivity index (χ4n) is 2.39. The van der Waals surface area contributed by atoms with E-state index in [4.69, 9.17) is 9.47 Å². The number of aryl methyl sites for hydroxylation is 2. The summed E-state index contributed by atoms with van der Waals surface area (Å²) in [6.45, 7) is 0. The molecular weight excluding hydrogens is 440 g/mol. The maximum atomic E-state index is 12.8. The second-order valence-electron chi connectivity index (χ2n) is 6.07. The highest BCUT2D eigenvalue weighted by atomic mass is 19.4. The number of hydrogen-bond donors (Lipinski definition) is 0. The molecule has 1 aromatic carbocycles. The molecule has 2 aromatic heterocycles. The average molecular weight is 451 g/mol. The van der Waals surface area contributed by atoms with Crippen LogP contribution in [0.25, 0.3) is 0 Å². The molecule has 0 bridgehead atoms. The van der Waals surface area contributed by atoms with Crippen molar-refractivity contribution in [1.29, 1.82) is 0 Å². The molecule has 166 valence electrons. The molecule has 0 saturated heterocycles. The molecule has 0 atom stereocenters. The van der Waals surface area contributed by atoms with Crippen molar-refractivity contribution in [3.63, 3.8) is 0 Å². The Hall–Kier alpha value is -3.78. The molecular formula is C16H11F6N5O4. The zero-order valence-electron chi connectivity index (χ0n) is 15.5. The summed E-state index contributed by atoms with van der Waals surface area (Å²) in [4.78, 5) is 10.4. The van der Waals surface area contributed by atoms with Gasteiger partial charge in [-0.05, 0) is 6.07 Å². The van der Waals surface area contributed by atoms with E-state index >= 15 is 0 Å². The van der Waals surface area contributed by atoms with E-state index in [1.165, 1.54) is 7.05 Å². The predicted molar refractivity (Wildman–Crippen MR) is 89.7 cm³/mol. The maximum Gasteiger partial charge on any atom is 0.435 e. The normalized spacial score (nSPS) is 12.1. The number of nitrogens with zero attached hydrogens (tertiary/aromatic N) is 5. The number of rotatable bonds is 5. The van der Waals surface area contributed by atoms with Gasteiger partial charge in [0, 0.05) is 38.4 Å². The van der Waals surface area contributed by atoms with Gasteiger partial charge in [0.1, 0.15) is 5.75 Å². The van der Waals surface area contributed by atoms with E-state index < -0.39 is 46.0 Å². The van der Waals surface area contributed by atoms with Gasteiger partial charge in [0.15, 0.2) is 11.4 Å². The Labute approximate surface area is 168 Å². The highest BCUT2D eigenvalue weighted by Crippen LogP contribution is 2.38. The fourth-order valence-corrected chi connectivity index (χ4v) is 2.39. The summed E-state index contributed by atoms with van der Waals surface area (Å²) in [5.41, 5.74) is -3.13. The summed E-state index contributed by atoms with van der Waals surface area (Å²) in [6, 6.07) is 4.09. The number of alkyl halides is 6. The van der Waals surface area contributed by atoms with Crippen LogP contribution in [-0.2, 0) is 26.4 Å². The highest BCUT2D eigenvalue weighted by Gasteiger charge is 2.36. The van der Waals surface area contributed by atoms with Crippen LogP contribution < -0.4 is 9.47 Å². The lowest BCUT2D eigenvalue weighted by Gasteiger charge is -2.09. The molecule has 0 saturated carbocycles. The lowest BCUT2D eigenvalue weighted by Crippen LogP contribution is -2.06. The van der Waals surface area contributed by atoms with E-state index in [-0.39, 0.29) is 11.6 Å². The summed E-state index contributed by atoms with van der Waals surface area (Å²) in [5.74, 6) is -1.51. The fraction of sp³-hybridized carbons (Fsp3) is 0.250. The molecule has 0 aliphatic rings. The van der Waals surface area contributed by atoms with Gasteiger partial charge >= 0.3 is 18.0 Å². The monoisotopic (exact) mass is 451 g/mol. The molecule has 2 heterocycles. The van der Waals surface area contributed by atoms with Crippen molar-refractivity contribution in [3.05, 3.63) is 51.8 Å². The lowest BCUT2D eigenvalue weighted by atomic mass is 10.3. The third-order valence-corrected chi connectivity index (χ3v) is 3.82. The molecule has 0 spiro atoms. The standard InChI is InChI=1S/C16H11F6N5O4/c1-25-13(6-11(23-25)15(17,18)19)30-8-3-4-9(27(28)29)10(5-8)31-14-7-12(16(20,21)22)24-26(14)2/h3-7H,1-2H3. The van der Waals surface area contributed by atoms with E-state index in [0.717, 1.165) is 34.6 Å². The molecule has 3 rings (SSSR count). The summed E-state index contributed by atoms with van der Waals surface area (Å²) in [7, 11) is 2.31. The van der Waals surface area contributed by atoms with E-state index in [1.54, 1.807) is 0 Å². The summed E-state index contributed by atoms with van der Waals surface area (Å²) in [5, 5.41) is 17.7. The topological polar surface area (TPSA) is 97.2 Å². The Morgan fingerprint density at radius 1 is 0.871 bits per heavy atom. The van der Waals surface area contributed by atoms with Crippen molar-refractivity contribution >= 4 is 5.69 Å². The second kappa shape index (κ2) is 7.48. The molecule has 9 nitrogen and oxygen atoms in total. The van der Waals surface area contributed by atoms with Crippen LogP contribution in [0, 0.1) is 10.1 Å². The Morgan fingerprint density at radius 3 is 1.77 bits per heavy atom. The minimum absolute atomic E-state index is 0.185. The number of nitro groups is 1. The van der Waals surface area contributed by atoms with Gasteiger partial charge in [-0.2, -0.15) is 36.5 Å². The van der Waals surface area contributed by atoms with E-state index in [0.29, 0.717) is 12.1 Å². The molecule has 0 N–H and O–H groups in total. The van der Waals surface area contributed by atoms with Gasteiger partial charge in [-0.1, -0.05) is 0 Å². The van der Waals surface area contributed by atoms with Gasteiger partial charge < -0.3 is 9.47 Å². The molecule has 0 fully saturated rings. The first-order valence-electron chi connectivity index (χ1n) is 8.12. The number of halogens is 6. The van der Waals surface area contributed by atoms with E-state index in [1.807, 2.05) is 0 Å². The second-order valence-corrected chi connectivity index (χ2v) is 6.07. The van der Waals surface area contributed by atoms with Crippen LogP contribution in [-0.4, -0.2) is 24.5 Å². The third kappa shape index (κ3) is 4.70. The minimum atomic E-state index is -4.77. The van der Waals surface area contributed by atoms with Gasteiger partial charge in [-0.15, -0.1) is 0 Å². The van der Waals surface area contributed by atoms with Crippen LogP contribution in [0.15, 0.2) is 30.3 Å². The van der Waals surface area contributed by atoms with E-state index in [2.05, 4.69) is 10.2 Å². The zero-order valence-corrected chi connectivity index (χ0v) is 15.5. The van der Waals surface area contributed by atoms with Gasteiger partial charge in [0.05, 0.1) is 4.92 Å². The first kappa shape index (κ1) is 21.9. The Balaban J connectivity index is 1.95. The van der Waals surface area contributed by atoms with Crippen molar-refractivity contribution in [2.24, 2.45) is 14.1 Å². The van der Waals surface area contributed by atoms with Gasteiger partial charge in [-0.25, -0.2) is 9.36 Å². The Bertz CT molecular complexity index is 1130. The average Bonchev–Trinajstić information content (AvgIpc) is 3.18. The van der Waals surface area contributed by atoms with E-state index in [9.17, 15) is 36.5 Å². The minimum Gasteiger partial charge on any atom is -0.439 e. The SMILES string of the molecule is Cn1nc(C(F)(F)F)cc1Oc1ccc([N+](=O)[O-])c(Oc2cc(C(F)(F)F)nn2C)c1. The van der Waals surface area contributed by atoms with Crippen LogP contribution >= 0.6 is 0 Å². The van der Waals surface area contributed by atoms with Crippen molar-refractivity contribution in [2.75, 3.05) is 0 Å². The molecule has 0 unspecified atom stereocenters.